The normalized spacial score (nSPS) is 14.1. The van der Waals surface area contributed by atoms with Crippen molar-refractivity contribution in [3.05, 3.63) is 101 Å². The van der Waals surface area contributed by atoms with Crippen molar-refractivity contribution in [2.75, 3.05) is 6.54 Å². The van der Waals surface area contributed by atoms with Gasteiger partial charge in [0.2, 0.25) is 0 Å². The average molecular weight is 529 g/mol. The Labute approximate surface area is 214 Å². The zero-order chi connectivity index (χ0) is 26.2. The fourth-order valence-electron chi connectivity index (χ4n) is 3.47. The van der Waals surface area contributed by atoms with E-state index in [0.717, 1.165) is 17.5 Å². The molecular formula is C25H25ClN4O5S. The van der Waals surface area contributed by atoms with Gasteiger partial charge in [-0.15, -0.1) is 0 Å². The van der Waals surface area contributed by atoms with Crippen molar-refractivity contribution in [2.45, 2.75) is 23.8 Å². The van der Waals surface area contributed by atoms with Crippen LogP contribution in [0.25, 0.3) is 0 Å². The predicted octanol–water partition coefficient (Wildman–Crippen LogP) is 3.51. The number of urea groups is 2. The summed E-state index contributed by atoms with van der Waals surface area (Å²) >= 11 is 5.64. The van der Waals surface area contributed by atoms with Crippen LogP contribution in [0.1, 0.15) is 24.5 Å². The van der Waals surface area contributed by atoms with Crippen LogP contribution >= 0.6 is 11.6 Å². The lowest BCUT2D eigenvalue weighted by atomic mass is 9.83. The average Bonchev–Trinajstić information content (AvgIpc) is 3.18. The standard InChI is InChI=1S/C15H12N2O2.C10H13ClN2O3S/c18-13-15(17-14(19)16-13,11-7-3-1-4-8-11)12-9-5-2-6-10-12;1-2-7-12-10(14)13-17(15,16)9-5-3-8(11)4-6-9/h1-10H,(H2,16,17,18,19);3-6H,2,7H2,1H3,(H2,12,13,14). The van der Waals surface area contributed by atoms with E-state index < -0.39 is 27.6 Å². The first kappa shape index (κ1) is 26.7. The third-order valence-corrected chi connectivity index (χ3v) is 6.77. The molecular weight excluding hydrogens is 504 g/mol. The summed E-state index contributed by atoms with van der Waals surface area (Å²) in [4.78, 5) is 35.1. The summed E-state index contributed by atoms with van der Waals surface area (Å²) in [5, 5.41) is 7.91. The Kier molecular flexibility index (Phi) is 8.68. The highest BCUT2D eigenvalue weighted by molar-refractivity contribution is 7.90. The second-order valence-corrected chi connectivity index (χ2v) is 9.82. The number of nitrogens with one attached hydrogen (secondary N) is 4. The largest absolute Gasteiger partial charge is 0.337 e. The Hall–Kier alpha value is -3.89. The molecule has 1 saturated heterocycles. The summed E-state index contributed by atoms with van der Waals surface area (Å²) in [6.45, 7) is 2.29. The molecule has 0 atom stereocenters. The molecule has 36 heavy (non-hydrogen) atoms. The molecule has 3 aromatic carbocycles. The number of carbonyl (C=O) groups is 3. The Balaban J connectivity index is 0.000000202. The van der Waals surface area contributed by atoms with Crippen LogP contribution < -0.4 is 20.7 Å². The highest BCUT2D eigenvalue weighted by Gasteiger charge is 2.48. The summed E-state index contributed by atoms with van der Waals surface area (Å²) < 4.78 is 25.3. The molecule has 0 bridgehead atoms. The van der Waals surface area contributed by atoms with Gasteiger partial charge in [0.25, 0.3) is 15.9 Å². The molecule has 3 aromatic rings. The van der Waals surface area contributed by atoms with E-state index in [4.69, 9.17) is 11.6 Å². The van der Waals surface area contributed by atoms with E-state index in [2.05, 4.69) is 16.0 Å². The van der Waals surface area contributed by atoms with E-state index in [0.29, 0.717) is 11.6 Å². The molecule has 1 aliphatic heterocycles. The van der Waals surface area contributed by atoms with E-state index in [9.17, 15) is 22.8 Å². The molecule has 0 aromatic heterocycles. The smallest absolute Gasteiger partial charge is 0.328 e. The fourth-order valence-corrected chi connectivity index (χ4v) is 4.53. The monoisotopic (exact) mass is 528 g/mol. The minimum Gasteiger partial charge on any atom is -0.337 e. The first-order valence-electron chi connectivity index (χ1n) is 11.0. The second-order valence-electron chi connectivity index (χ2n) is 7.71. The van der Waals surface area contributed by atoms with Gasteiger partial charge in [-0.05, 0) is 41.8 Å². The summed E-state index contributed by atoms with van der Waals surface area (Å²) in [5.41, 5.74) is 0.341. The first-order valence-corrected chi connectivity index (χ1v) is 12.9. The molecule has 0 unspecified atom stereocenters. The van der Waals surface area contributed by atoms with Gasteiger partial charge < -0.3 is 10.6 Å². The number of hydrogen-bond donors (Lipinski definition) is 4. The Morgan fingerprint density at radius 3 is 1.86 bits per heavy atom. The van der Waals surface area contributed by atoms with E-state index in [-0.39, 0.29) is 10.8 Å². The Morgan fingerprint density at radius 1 is 0.889 bits per heavy atom. The quantitative estimate of drug-likeness (QED) is 0.363. The number of halogens is 1. The van der Waals surface area contributed by atoms with Gasteiger partial charge in [0.1, 0.15) is 0 Å². The molecule has 5 amide bonds. The molecule has 0 radical (unpaired) electrons. The van der Waals surface area contributed by atoms with Crippen LogP contribution in [0.4, 0.5) is 9.59 Å². The van der Waals surface area contributed by atoms with Gasteiger partial charge in [0.15, 0.2) is 5.54 Å². The number of amides is 5. The molecule has 0 saturated carbocycles. The summed E-state index contributed by atoms with van der Waals surface area (Å²) in [6, 6.07) is 22.8. The molecule has 9 nitrogen and oxygen atoms in total. The highest BCUT2D eigenvalue weighted by Crippen LogP contribution is 2.32. The zero-order valence-corrected chi connectivity index (χ0v) is 20.9. The van der Waals surface area contributed by atoms with E-state index in [1.54, 1.807) is 0 Å². The third kappa shape index (κ3) is 6.21. The van der Waals surface area contributed by atoms with Crippen LogP contribution in [0, 0.1) is 0 Å². The number of imide groups is 1. The van der Waals surface area contributed by atoms with Crippen molar-refractivity contribution in [3.8, 4) is 0 Å². The van der Waals surface area contributed by atoms with Crippen LogP contribution in [0.5, 0.6) is 0 Å². The summed E-state index contributed by atoms with van der Waals surface area (Å²) in [7, 11) is -3.83. The lowest BCUT2D eigenvalue weighted by Gasteiger charge is -2.27. The first-order chi connectivity index (χ1) is 17.2. The van der Waals surface area contributed by atoms with Crippen molar-refractivity contribution >= 4 is 39.6 Å². The van der Waals surface area contributed by atoms with Crippen LogP contribution in [0.3, 0.4) is 0 Å². The molecule has 1 heterocycles. The zero-order valence-electron chi connectivity index (χ0n) is 19.3. The van der Waals surface area contributed by atoms with Gasteiger partial charge in [-0.3, -0.25) is 10.1 Å². The number of benzene rings is 3. The van der Waals surface area contributed by atoms with Gasteiger partial charge in [-0.25, -0.2) is 22.7 Å². The number of sulfonamides is 1. The van der Waals surface area contributed by atoms with Crippen molar-refractivity contribution < 1.29 is 22.8 Å². The molecule has 188 valence electrons. The van der Waals surface area contributed by atoms with Crippen molar-refractivity contribution in [1.29, 1.82) is 0 Å². The van der Waals surface area contributed by atoms with Gasteiger partial charge in [-0.2, -0.15) is 0 Å². The van der Waals surface area contributed by atoms with Crippen molar-refractivity contribution in [2.24, 2.45) is 0 Å². The lowest BCUT2D eigenvalue weighted by Crippen LogP contribution is -2.44. The van der Waals surface area contributed by atoms with Gasteiger partial charge in [0, 0.05) is 11.6 Å². The van der Waals surface area contributed by atoms with Gasteiger partial charge in [0.05, 0.1) is 4.90 Å². The van der Waals surface area contributed by atoms with Gasteiger partial charge >= 0.3 is 12.1 Å². The predicted molar refractivity (Wildman–Crippen MR) is 136 cm³/mol. The molecule has 11 heteroatoms. The lowest BCUT2D eigenvalue weighted by molar-refractivity contribution is -0.122. The van der Waals surface area contributed by atoms with Gasteiger partial charge in [-0.1, -0.05) is 79.2 Å². The molecule has 0 spiro atoms. The minimum atomic E-state index is -3.83. The molecule has 4 rings (SSSR count). The maximum atomic E-state index is 12.3. The molecule has 0 aliphatic carbocycles. The van der Waals surface area contributed by atoms with E-state index in [1.807, 2.05) is 72.3 Å². The van der Waals surface area contributed by atoms with Crippen molar-refractivity contribution in [1.82, 2.24) is 20.7 Å². The number of carbonyl (C=O) groups excluding carboxylic acids is 3. The SMILES string of the molecule is CCCNC(=O)NS(=O)(=O)c1ccc(Cl)cc1.O=C1NC(=O)C(c2ccccc2)(c2ccccc2)N1. The Bertz CT molecular complexity index is 1280. The summed E-state index contributed by atoms with van der Waals surface area (Å²) in [6.07, 6.45) is 0.731. The van der Waals surface area contributed by atoms with Crippen LogP contribution in [0.2, 0.25) is 5.02 Å². The summed E-state index contributed by atoms with van der Waals surface area (Å²) in [5.74, 6) is -0.352. The maximum Gasteiger partial charge on any atom is 0.328 e. The fraction of sp³-hybridized carbons (Fsp3) is 0.160. The minimum absolute atomic E-state index is 0.00597. The highest BCUT2D eigenvalue weighted by atomic mass is 35.5. The van der Waals surface area contributed by atoms with E-state index >= 15 is 0 Å². The van der Waals surface area contributed by atoms with Crippen LogP contribution in [-0.2, 0) is 20.4 Å². The third-order valence-electron chi connectivity index (χ3n) is 5.17. The van der Waals surface area contributed by atoms with Crippen molar-refractivity contribution in [3.63, 3.8) is 0 Å². The maximum absolute atomic E-state index is 12.3. The Morgan fingerprint density at radius 2 is 1.42 bits per heavy atom. The van der Waals surface area contributed by atoms with Crippen LogP contribution in [0.15, 0.2) is 89.8 Å². The van der Waals surface area contributed by atoms with Crippen LogP contribution in [-0.4, -0.2) is 32.9 Å². The molecule has 1 aliphatic rings. The second kappa shape index (κ2) is 11.7. The number of hydrogen-bond acceptors (Lipinski definition) is 5. The topological polar surface area (TPSA) is 133 Å². The van der Waals surface area contributed by atoms with E-state index in [1.165, 1.54) is 24.3 Å². The molecule has 4 N–H and O–H groups in total. The molecule has 1 fully saturated rings. The number of rotatable bonds is 6.